The molecule has 1 aromatic heterocycles. The summed E-state index contributed by atoms with van der Waals surface area (Å²) in [5, 5.41) is 14.1. The van der Waals surface area contributed by atoms with E-state index in [1.54, 1.807) is 18.9 Å². The summed E-state index contributed by atoms with van der Waals surface area (Å²) in [6.45, 7) is 8.12. The molecule has 0 saturated heterocycles. The molecule has 1 N–H and O–H groups in total. The summed E-state index contributed by atoms with van der Waals surface area (Å²) in [7, 11) is 1.79. The van der Waals surface area contributed by atoms with Crippen LogP contribution >= 0.6 is 0 Å². The summed E-state index contributed by atoms with van der Waals surface area (Å²) in [5.74, 6) is 0.765. The van der Waals surface area contributed by atoms with Crippen molar-refractivity contribution in [1.82, 2.24) is 9.97 Å². The molecule has 0 aliphatic rings. The molecule has 0 unspecified atom stereocenters. The van der Waals surface area contributed by atoms with Crippen molar-refractivity contribution in [3.8, 4) is 0 Å². The number of rotatable bonds is 5. The predicted octanol–water partition coefficient (Wildman–Crippen LogP) is 1.97. The molecule has 7 nitrogen and oxygen atoms in total. The van der Waals surface area contributed by atoms with E-state index in [0.29, 0.717) is 24.0 Å². The Balaban J connectivity index is 3.37. The minimum Gasteiger partial charge on any atom is -0.354 e. The van der Waals surface area contributed by atoms with Gasteiger partial charge in [0.05, 0.1) is 4.92 Å². The van der Waals surface area contributed by atoms with E-state index in [4.69, 9.17) is 0 Å². The van der Waals surface area contributed by atoms with Crippen LogP contribution < -0.4 is 10.2 Å². The molecule has 1 aromatic rings. The fourth-order valence-corrected chi connectivity index (χ4v) is 1.49. The fraction of sp³-hybridized carbons (Fsp3) is 0.636. The van der Waals surface area contributed by atoms with Gasteiger partial charge in [-0.25, -0.2) is 4.98 Å². The van der Waals surface area contributed by atoms with Crippen LogP contribution in [0.2, 0.25) is 0 Å². The summed E-state index contributed by atoms with van der Waals surface area (Å²) in [5.41, 5.74) is 0.335. The first-order chi connectivity index (χ1) is 8.38. The average Bonchev–Trinajstić information content (AvgIpc) is 2.26. The van der Waals surface area contributed by atoms with Gasteiger partial charge in [-0.15, -0.1) is 0 Å². The van der Waals surface area contributed by atoms with Gasteiger partial charge < -0.3 is 10.2 Å². The summed E-state index contributed by atoms with van der Waals surface area (Å²) >= 11 is 0. The van der Waals surface area contributed by atoms with Gasteiger partial charge in [0.2, 0.25) is 11.8 Å². The van der Waals surface area contributed by atoms with E-state index >= 15 is 0 Å². The second-order valence-electron chi connectivity index (χ2n) is 4.30. The molecule has 0 radical (unpaired) electrons. The molecule has 1 rings (SSSR count). The van der Waals surface area contributed by atoms with Crippen LogP contribution in [0.1, 0.15) is 26.5 Å². The van der Waals surface area contributed by atoms with Crippen LogP contribution in [0, 0.1) is 17.0 Å². The van der Waals surface area contributed by atoms with Gasteiger partial charge >= 0.3 is 5.69 Å². The zero-order valence-corrected chi connectivity index (χ0v) is 11.4. The molecule has 0 bridgehead atoms. The highest BCUT2D eigenvalue weighted by molar-refractivity contribution is 5.62. The van der Waals surface area contributed by atoms with E-state index in [1.807, 2.05) is 20.8 Å². The standard InChI is InChI=1S/C11H19N5O2/c1-6-12-11-13-8(4)9(16(17)18)10(14-11)15(5)7(2)3/h7H,6H2,1-5H3,(H,12,13,14). The van der Waals surface area contributed by atoms with E-state index in [1.165, 1.54) is 0 Å². The van der Waals surface area contributed by atoms with E-state index in [-0.39, 0.29) is 11.7 Å². The van der Waals surface area contributed by atoms with Crippen molar-refractivity contribution in [2.24, 2.45) is 0 Å². The van der Waals surface area contributed by atoms with E-state index in [9.17, 15) is 10.1 Å². The third-order valence-electron chi connectivity index (χ3n) is 2.67. The van der Waals surface area contributed by atoms with Gasteiger partial charge in [-0.3, -0.25) is 10.1 Å². The third kappa shape index (κ3) is 2.85. The van der Waals surface area contributed by atoms with Crippen LogP contribution in [0.4, 0.5) is 17.5 Å². The average molecular weight is 253 g/mol. The molecule has 0 atom stereocenters. The molecule has 0 aliphatic heterocycles. The lowest BCUT2D eigenvalue weighted by molar-refractivity contribution is -0.385. The van der Waals surface area contributed by atoms with Gasteiger partial charge in [0.25, 0.3) is 0 Å². The Morgan fingerprint density at radius 2 is 2.06 bits per heavy atom. The Kier molecular flexibility index (Phi) is 4.41. The Morgan fingerprint density at radius 3 is 2.50 bits per heavy atom. The van der Waals surface area contributed by atoms with Gasteiger partial charge in [0.15, 0.2) is 0 Å². The summed E-state index contributed by atoms with van der Waals surface area (Å²) in [6.07, 6.45) is 0. The number of hydrogen-bond donors (Lipinski definition) is 1. The third-order valence-corrected chi connectivity index (χ3v) is 2.67. The number of nitrogens with one attached hydrogen (secondary N) is 1. The van der Waals surface area contributed by atoms with Crippen molar-refractivity contribution < 1.29 is 4.92 Å². The molecule has 0 aromatic carbocycles. The van der Waals surface area contributed by atoms with E-state index in [2.05, 4.69) is 15.3 Å². The van der Waals surface area contributed by atoms with Gasteiger partial charge in [-0.2, -0.15) is 4.98 Å². The summed E-state index contributed by atoms with van der Waals surface area (Å²) in [6, 6.07) is 0.118. The van der Waals surface area contributed by atoms with Crippen molar-refractivity contribution in [3.63, 3.8) is 0 Å². The Hall–Kier alpha value is -1.92. The van der Waals surface area contributed by atoms with Crippen molar-refractivity contribution in [2.75, 3.05) is 23.8 Å². The van der Waals surface area contributed by atoms with Crippen LogP contribution in [-0.2, 0) is 0 Å². The first kappa shape index (κ1) is 14.1. The maximum Gasteiger partial charge on any atom is 0.332 e. The Bertz CT molecular complexity index is 447. The highest BCUT2D eigenvalue weighted by Crippen LogP contribution is 2.29. The molecule has 0 saturated carbocycles. The normalized spacial score (nSPS) is 10.6. The molecule has 0 aliphatic carbocycles. The van der Waals surface area contributed by atoms with Gasteiger partial charge in [0.1, 0.15) is 5.69 Å². The largest absolute Gasteiger partial charge is 0.354 e. The van der Waals surface area contributed by atoms with E-state index in [0.717, 1.165) is 0 Å². The van der Waals surface area contributed by atoms with Crippen molar-refractivity contribution in [2.45, 2.75) is 33.7 Å². The summed E-state index contributed by atoms with van der Waals surface area (Å²) < 4.78 is 0. The lowest BCUT2D eigenvalue weighted by Gasteiger charge is -2.23. The lowest BCUT2D eigenvalue weighted by Crippen LogP contribution is -2.28. The molecule has 0 spiro atoms. The van der Waals surface area contributed by atoms with Crippen LogP contribution in [0.25, 0.3) is 0 Å². The monoisotopic (exact) mass is 253 g/mol. The van der Waals surface area contributed by atoms with Crippen LogP contribution in [0.3, 0.4) is 0 Å². The molecular formula is C11H19N5O2. The maximum absolute atomic E-state index is 11.1. The number of nitrogens with zero attached hydrogens (tertiary/aromatic N) is 4. The fourth-order valence-electron chi connectivity index (χ4n) is 1.49. The van der Waals surface area contributed by atoms with Gasteiger partial charge in [-0.05, 0) is 27.7 Å². The highest BCUT2D eigenvalue weighted by atomic mass is 16.6. The second kappa shape index (κ2) is 5.61. The van der Waals surface area contributed by atoms with E-state index < -0.39 is 4.92 Å². The van der Waals surface area contributed by atoms with Crippen LogP contribution in [0.15, 0.2) is 0 Å². The van der Waals surface area contributed by atoms with Crippen LogP contribution in [-0.4, -0.2) is 34.5 Å². The minimum absolute atomic E-state index is 0.0344. The highest BCUT2D eigenvalue weighted by Gasteiger charge is 2.25. The quantitative estimate of drug-likeness (QED) is 0.638. The number of aryl methyl sites for hydroxylation is 1. The first-order valence-electron chi connectivity index (χ1n) is 5.88. The number of aromatic nitrogens is 2. The zero-order valence-electron chi connectivity index (χ0n) is 11.4. The second-order valence-corrected chi connectivity index (χ2v) is 4.30. The predicted molar refractivity (Wildman–Crippen MR) is 71.1 cm³/mol. The SMILES string of the molecule is CCNc1nc(C)c([N+](=O)[O-])c(N(C)C(C)C)n1. The van der Waals surface area contributed by atoms with Gasteiger partial charge in [0, 0.05) is 19.6 Å². The van der Waals surface area contributed by atoms with Crippen molar-refractivity contribution >= 4 is 17.5 Å². The summed E-state index contributed by atoms with van der Waals surface area (Å²) in [4.78, 5) is 20.8. The molecule has 18 heavy (non-hydrogen) atoms. The molecule has 0 amide bonds. The van der Waals surface area contributed by atoms with Gasteiger partial charge in [-0.1, -0.05) is 0 Å². The Labute approximate surface area is 106 Å². The zero-order chi connectivity index (χ0) is 13.9. The maximum atomic E-state index is 11.1. The Morgan fingerprint density at radius 1 is 1.44 bits per heavy atom. The first-order valence-corrected chi connectivity index (χ1v) is 5.88. The number of hydrogen-bond acceptors (Lipinski definition) is 6. The number of nitro groups is 1. The molecule has 100 valence electrons. The minimum atomic E-state index is -0.431. The lowest BCUT2D eigenvalue weighted by atomic mass is 10.3. The van der Waals surface area contributed by atoms with Crippen molar-refractivity contribution in [1.29, 1.82) is 0 Å². The van der Waals surface area contributed by atoms with Crippen LogP contribution in [0.5, 0.6) is 0 Å². The molecule has 0 fully saturated rings. The molecule has 7 heteroatoms. The molecule has 1 heterocycles. The van der Waals surface area contributed by atoms with Crippen molar-refractivity contribution in [3.05, 3.63) is 15.8 Å². The molecular weight excluding hydrogens is 234 g/mol. The smallest absolute Gasteiger partial charge is 0.332 e. The number of anilines is 2. The topological polar surface area (TPSA) is 84.2 Å².